The predicted molar refractivity (Wildman–Crippen MR) is 184 cm³/mol. The highest BCUT2D eigenvalue weighted by Crippen LogP contribution is 2.67. The maximum absolute atomic E-state index is 13.5. The summed E-state index contributed by atoms with van der Waals surface area (Å²) in [5.41, 5.74) is 7.76. The van der Waals surface area contributed by atoms with Crippen molar-refractivity contribution < 1.29 is 19.5 Å². The number of carbonyl (C=O) groups is 3. The number of aliphatic hydroxyl groups is 1. The summed E-state index contributed by atoms with van der Waals surface area (Å²) in [4.78, 5) is 50.8. The van der Waals surface area contributed by atoms with Gasteiger partial charge in [0.2, 0.25) is 17.7 Å². The monoisotopic (exact) mass is 667 g/mol. The van der Waals surface area contributed by atoms with Crippen LogP contribution in [-0.4, -0.2) is 101 Å². The molecule has 3 amide bonds. The summed E-state index contributed by atoms with van der Waals surface area (Å²) in [7, 11) is 3.90. The van der Waals surface area contributed by atoms with Gasteiger partial charge in [0.1, 0.15) is 6.04 Å². The number of imidazole rings is 1. The van der Waals surface area contributed by atoms with Crippen molar-refractivity contribution in [1.82, 2.24) is 30.4 Å². The summed E-state index contributed by atoms with van der Waals surface area (Å²) in [6.45, 7) is 6.51. The number of aromatic amines is 1. The number of amides is 3. The van der Waals surface area contributed by atoms with Crippen molar-refractivity contribution in [1.29, 1.82) is 0 Å². The summed E-state index contributed by atoms with van der Waals surface area (Å²) in [5.74, 6) is 3.03. The lowest BCUT2D eigenvalue weighted by molar-refractivity contribution is -0.139. The van der Waals surface area contributed by atoms with E-state index in [1.54, 1.807) is 17.4 Å². The van der Waals surface area contributed by atoms with E-state index in [0.717, 1.165) is 42.7 Å². The Balaban J connectivity index is 1.04. The fourth-order valence-electron chi connectivity index (χ4n) is 11.3. The van der Waals surface area contributed by atoms with Crippen LogP contribution < -0.4 is 16.4 Å². The number of aromatic nitrogens is 2. The number of aliphatic hydroxyl groups excluding tert-OH is 1. The molecule has 6 unspecified atom stereocenters. The number of fused-ring (bicyclic) bond motifs is 5. The summed E-state index contributed by atoms with van der Waals surface area (Å²) in [6.07, 6.45) is 15.8. The molecular formula is C37H61N7O4. The normalized spacial score (nSPS) is 38.2. The fraction of sp³-hybridized carbons (Fsp3) is 0.838. The average Bonchev–Trinajstić information content (AvgIpc) is 3.79. The highest BCUT2D eigenvalue weighted by Gasteiger charge is 2.60. The largest absolute Gasteiger partial charge is 0.393 e. The zero-order valence-corrected chi connectivity index (χ0v) is 29.8. The number of rotatable bonds is 11. The lowest BCUT2D eigenvalue weighted by atomic mass is 9.44. The number of nitrogens with zero attached hydrogens (tertiary/aromatic N) is 3. The van der Waals surface area contributed by atoms with E-state index in [0.29, 0.717) is 49.6 Å². The van der Waals surface area contributed by atoms with Gasteiger partial charge in [-0.1, -0.05) is 13.8 Å². The fourth-order valence-corrected chi connectivity index (χ4v) is 11.3. The van der Waals surface area contributed by atoms with Crippen LogP contribution in [0.1, 0.15) is 96.6 Å². The lowest BCUT2D eigenvalue weighted by Crippen LogP contribution is -2.53. The van der Waals surface area contributed by atoms with E-state index in [1.165, 1.54) is 44.9 Å². The summed E-state index contributed by atoms with van der Waals surface area (Å²) in [5, 5.41) is 16.6. The van der Waals surface area contributed by atoms with Crippen molar-refractivity contribution >= 4 is 17.7 Å². The number of hydrogen-bond donors (Lipinski definition) is 5. The standard InChI is InChI=1S/C37H61N7O4/c1-36-14-12-30-28(8-5-24-17-27(45)11-13-37(24,30)2)29(36)9-6-23(36)7-10-33(46)42-26-19-32(34(47)40-15-16-43(3)4)44(21-26)35(48)31(38)18-25-20-39-22-41-25/h20,22-24,26-32,45H,5-19,21,38H2,1-4H3,(H,39,41)(H,40,47)(H,42,46)/t23?,24?,26-,27+,28?,29?,30?,31?,32-,36+,37-/m0/s1. The quantitative estimate of drug-likeness (QED) is 0.243. The highest BCUT2D eigenvalue weighted by atomic mass is 16.3. The topological polar surface area (TPSA) is 157 Å². The molecule has 0 aromatic carbocycles. The molecule has 1 aromatic heterocycles. The molecule has 11 nitrogen and oxygen atoms in total. The van der Waals surface area contributed by atoms with Gasteiger partial charge in [0.25, 0.3) is 0 Å². The van der Waals surface area contributed by atoms with Gasteiger partial charge in [0.15, 0.2) is 0 Å². The third kappa shape index (κ3) is 7.06. The Morgan fingerprint density at radius 1 is 1.08 bits per heavy atom. The number of nitrogens with one attached hydrogen (secondary N) is 3. The summed E-state index contributed by atoms with van der Waals surface area (Å²) in [6, 6.07) is -1.78. The molecule has 6 N–H and O–H groups in total. The number of carbonyl (C=O) groups excluding carboxylic acids is 3. The SMILES string of the molecule is CN(C)CCNC(=O)[C@@H]1C[C@H](NC(=O)CCC2CCC3C4CCC5C[C@H](O)CC[C@]5(C)C4CC[C@]23C)CN1C(=O)C(N)Cc1cnc[nH]1. The number of likely N-dealkylation sites (tertiary alicyclic amines) is 1. The zero-order valence-electron chi connectivity index (χ0n) is 29.8. The molecule has 1 saturated heterocycles. The molecule has 268 valence electrons. The number of H-pyrrole nitrogens is 1. The molecule has 5 fully saturated rings. The number of nitrogens with two attached hydrogens (primary N) is 1. The Bertz CT molecular complexity index is 1290. The van der Waals surface area contributed by atoms with E-state index >= 15 is 0 Å². The van der Waals surface area contributed by atoms with Crippen LogP contribution in [0.3, 0.4) is 0 Å². The second-order valence-electron chi connectivity index (χ2n) is 16.9. The molecule has 11 atom stereocenters. The van der Waals surface area contributed by atoms with E-state index in [4.69, 9.17) is 5.73 Å². The van der Waals surface area contributed by atoms with Crippen molar-refractivity contribution in [2.75, 3.05) is 33.7 Å². The molecular weight excluding hydrogens is 606 g/mol. The van der Waals surface area contributed by atoms with E-state index in [2.05, 4.69) is 34.4 Å². The number of likely N-dealkylation sites (N-methyl/N-ethyl adjacent to an activating group) is 1. The van der Waals surface area contributed by atoms with Crippen LogP contribution in [0.5, 0.6) is 0 Å². The van der Waals surface area contributed by atoms with Gasteiger partial charge in [-0.25, -0.2) is 4.98 Å². The van der Waals surface area contributed by atoms with Crippen molar-refractivity contribution in [2.24, 2.45) is 46.2 Å². The minimum atomic E-state index is -0.814. The summed E-state index contributed by atoms with van der Waals surface area (Å²) >= 11 is 0. The van der Waals surface area contributed by atoms with Gasteiger partial charge in [-0.05, 0) is 125 Å². The lowest BCUT2D eigenvalue weighted by Gasteiger charge is -2.61. The molecule has 4 aliphatic carbocycles. The maximum Gasteiger partial charge on any atom is 0.242 e. The van der Waals surface area contributed by atoms with Gasteiger partial charge in [0, 0.05) is 50.4 Å². The first-order valence-corrected chi connectivity index (χ1v) is 18.8. The Morgan fingerprint density at radius 3 is 2.60 bits per heavy atom. The molecule has 0 radical (unpaired) electrons. The average molecular weight is 668 g/mol. The Hall–Kier alpha value is -2.50. The molecule has 5 aliphatic rings. The molecule has 48 heavy (non-hydrogen) atoms. The molecule has 0 bridgehead atoms. The molecule has 4 saturated carbocycles. The van der Waals surface area contributed by atoms with E-state index in [1.807, 2.05) is 19.0 Å². The van der Waals surface area contributed by atoms with Crippen LogP contribution in [0.25, 0.3) is 0 Å². The van der Waals surface area contributed by atoms with Gasteiger partial charge < -0.3 is 36.3 Å². The number of hydrogen-bond acceptors (Lipinski definition) is 7. The molecule has 11 heteroatoms. The van der Waals surface area contributed by atoms with E-state index < -0.39 is 12.1 Å². The van der Waals surface area contributed by atoms with Crippen LogP contribution in [0, 0.1) is 40.4 Å². The molecule has 1 aromatic rings. The molecule has 0 spiro atoms. The van der Waals surface area contributed by atoms with Gasteiger partial charge in [0.05, 0.1) is 18.5 Å². The van der Waals surface area contributed by atoms with Crippen LogP contribution in [0.4, 0.5) is 0 Å². The molecule has 6 rings (SSSR count). The Labute approximate surface area is 286 Å². The second-order valence-corrected chi connectivity index (χ2v) is 16.9. The van der Waals surface area contributed by atoms with Crippen molar-refractivity contribution in [2.45, 2.75) is 122 Å². The molecule has 1 aliphatic heterocycles. The first kappa shape index (κ1) is 35.3. The van der Waals surface area contributed by atoms with Crippen molar-refractivity contribution in [3.63, 3.8) is 0 Å². The van der Waals surface area contributed by atoms with Crippen LogP contribution >= 0.6 is 0 Å². The molecule has 2 heterocycles. The smallest absolute Gasteiger partial charge is 0.242 e. The van der Waals surface area contributed by atoms with Crippen molar-refractivity contribution in [3.05, 3.63) is 18.2 Å². The predicted octanol–water partition coefficient (Wildman–Crippen LogP) is 2.84. The minimum absolute atomic E-state index is 0.0114. The Morgan fingerprint density at radius 2 is 1.85 bits per heavy atom. The second kappa shape index (κ2) is 14.4. The Kier molecular flexibility index (Phi) is 10.6. The first-order chi connectivity index (χ1) is 22.9. The van der Waals surface area contributed by atoms with Gasteiger partial charge in [-0.3, -0.25) is 14.4 Å². The van der Waals surface area contributed by atoms with Crippen LogP contribution in [0.15, 0.2) is 12.5 Å². The van der Waals surface area contributed by atoms with Crippen LogP contribution in [0.2, 0.25) is 0 Å². The van der Waals surface area contributed by atoms with Gasteiger partial charge in [-0.2, -0.15) is 0 Å². The van der Waals surface area contributed by atoms with E-state index in [-0.39, 0.29) is 41.8 Å². The van der Waals surface area contributed by atoms with E-state index in [9.17, 15) is 19.5 Å². The zero-order chi connectivity index (χ0) is 34.2. The van der Waals surface area contributed by atoms with Gasteiger partial charge >= 0.3 is 0 Å². The summed E-state index contributed by atoms with van der Waals surface area (Å²) < 4.78 is 0. The highest BCUT2D eigenvalue weighted by molar-refractivity contribution is 5.91. The van der Waals surface area contributed by atoms with Crippen molar-refractivity contribution in [3.8, 4) is 0 Å². The van der Waals surface area contributed by atoms with Gasteiger partial charge in [-0.15, -0.1) is 0 Å². The third-order valence-electron chi connectivity index (χ3n) is 14.0. The maximum atomic E-state index is 13.5. The first-order valence-electron chi connectivity index (χ1n) is 18.8. The van der Waals surface area contributed by atoms with Crippen LogP contribution in [-0.2, 0) is 20.8 Å². The minimum Gasteiger partial charge on any atom is -0.393 e. The third-order valence-corrected chi connectivity index (χ3v) is 14.0.